The van der Waals surface area contributed by atoms with Crippen LogP contribution in [0.4, 0.5) is 13.2 Å². The Kier molecular flexibility index (Phi) is 2.01. The molecule has 0 aromatic carbocycles. The fourth-order valence-corrected chi connectivity index (χ4v) is 0.0668. The zero-order valence-electron chi connectivity index (χ0n) is 4.12. The monoisotopic (exact) mass is 125 g/mol. The van der Waals surface area contributed by atoms with Gasteiger partial charge >= 0.3 is 6.18 Å². The summed E-state index contributed by atoms with van der Waals surface area (Å²) in [6, 6.07) is 0. The second-order valence-corrected chi connectivity index (χ2v) is 1.38. The first-order valence-corrected chi connectivity index (χ1v) is 1.93. The zero-order chi connectivity index (χ0) is 6.78. The molecule has 0 aliphatic rings. The molecule has 8 heavy (non-hydrogen) atoms. The number of alkyl halides is 3. The SMILES string of the molecule is CC([C]=O)C(F)(F)F. The van der Waals surface area contributed by atoms with E-state index in [1.54, 1.807) is 0 Å². The van der Waals surface area contributed by atoms with E-state index in [-0.39, 0.29) is 0 Å². The summed E-state index contributed by atoms with van der Waals surface area (Å²) in [5.74, 6) is -1.96. The van der Waals surface area contributed by atoms with Gasteiger partial charge in [0.2, 0.25) is 6.29 Å². The maximum Gasteiger partial charge on any atom is 0.398 e. The normalized spacial score (nSPS) is 15.5. The van der Waals surface area contributed by atoms with Crippen molar-refractivity contribution < 1.29 is 18.0 Å². The van der Waals surface area contributed by atoms with Crippen LogP contribution in [0.5, 0.6) is 0 Å². The van der Waals surface area contributed by atoms with E-state index in [1.165, 1.54) is 0 Å². The van der Waals surface area contributed by atoms with E-state index >= 15 is 0 Å². The summed E-state index contributed by atoms with van der Waals surface area (Å²) in [6.45, 7) is 0.757. The van der Waals surface area contributed by atoms with Gasteiger partial charge in [-0.2, -0.15) is 13.2 Å². The molecule has 0 rings (SSSR count). The Morgan fingerprint density at radius 1 is 1.50 bits per heavy atom. The quantitative estimate of drug-likeness (QED) is 0.516. The average molecular weight is 125 g/mol. The summed E-state index contributed by atoms with van der Waals surface area (Å²) in [5.41, 5.74) is 0. The van der Waals surface area contributed by atoms with Gasteiger partial charge in [0.1, 0.15) is 5.92 Å². The largest absolute Gasteiger partial charge is 0.398 e. The minimum atomic E-state index is -4.41. The molecule has 0 saturated heterocycles. The van der Waals surface area contributed by atoms with Crippen LogP contribution in [0.1, 0.15) is 6.92 Å². The van der Waals surface area contributed by atoms with Crippen molar-refractivity contribution in [1.29, 1.82) is 0 Å². The second kappa shape index (κ2) is 2.15. The summed E-state index contributed by atoms with van der Waals surface area (Å²) in [5, 5.41) is 0. The van der Waals surface area contributed by atoms with Gasteiger partial charge in [-0.15, -0.1) is 0 Å². The molecule has 0 bridgehead atoms. The van der Waals surface area contributed by atoms with Crippen molar-refractivity contribution in [2.45, 2.75) is 13.1 Å². The van der Waals surface area contributed by atoms with Gasteiger partial charge in [-0.25, -0.2) is 0 Å². The molecule has 1 atom stereocenters. The third-order valence-electron chi connectivity index (χ3n) is 0.668. The van der Waals surface area contributed by atoms with Crippen molar-refractivity contribution in [3.63, 3.8) is 0 Å². The predicted octanol–water partition coefficient (Wildman–Crippen LogP) is 1.29. The molecule has 1 radical (unpaired) electrons. The van der Waals surface area contributed by atoms with Gasteiger partial charge in [-0.1, -0.05) is 0 Å². The van der Waals surface area contributed by atoms with Crippen molar-refractivity contribution in [3.05, 3.63) is 0 Å². The Bertz CT molecular complexity index is 85.8. The molecule has 0 aromatic heterocycles. The molecule has 4 heteroatoms. The lowest BCUT2D eigenvalue weighted by atomic mass is 10.2. The topological polar surface area (TPSA) is 17.1 Å². The molecule has 1 unspecified atom stereocenters. The van der Waals surface area contributed by atoms with Crippen molar-refractivity contribution in [3.8, 4) is 0 Å². The minimum absolute atomic E-state index is 0.757. The van der Waals surface area contributed by atoms with Gasteiger partial charge in [0.25, 0.3) is 0 Å². The highest BCUT2D eigenvalue weighted by Crippen LogP contribution is 2.23. The molecule has 0 spiro atoms. The highest BCUT2D eigenvalue weighted by atomic mass is 19.4. The van der Waals surface area contributed by atoms with E-state index < -0.39 is 12.1 Å². The lowest BCUT2D eigenvalue weighted by Gasteiger charge is -2.05. The first kappa shape index (κ1) is 7.46. The number of hydrogen-bond donors (Lipinski definition) is 0. The van der Waals surface area contributed by atoms with Crippen LogP contribution in [0.15, 0.2) is 0 Å². The van der Waals surface area contributed by atoms with Crippen LogP contribution in [-0.2, 0) is 4.79 Å². The Labute approximate surface area is 44.5 Å². The summed E-state index contributed by atoms with van der Waals surface area (Å²) in [6.07, 6.45) is -3.59. The fraction of sp³-hybridized carbons (Fsp3) is 0.750. The van der Waals surface area contributed by atoms with E-state index in [0.717, 1.165) is 13.2 Å². The van der Waals surface area contributed by atoms with Crippen molar-refractivity contribution in [1.82, 2.24) is 0 Å². The van der Waals surface area contributed by atoms with E-state index in [1.807, 2.05) is 0 Å². The smallest absolute Gasteiger partial charge is 0.290 e. The molecule has 0 amide bonds. The zero-order valence-corrected chi connectivity index (χ0v) is 4.12. The van der Waals surface area contributed by atoms with Crippen LogP contribution >= 0.6 is 0 Å². The molecule has 0 aliphatic heterocycles. The average Bonchev–Trinajstić information content (AvgIpc) is 1.62. The molecular weight excluding hydrogens is 121 g/mol. The van der Waals surface area contributed by atoms with E-state index in [9.17, 15) is 18.0 Å². The number of rotatable bonds is 1. The molecule has 0 aromatic rings. The van der Waals surface area contributed by atoms with Crippen LogP contribution in [0.25, 0.3) is 0 Å². The Balaban J connectivity index is 3.80. The molecule has 1 nitrogen and oxygen atoms in total. The van der Waals surface area contributed by atoms with E-state index in [4.69, 9.17) is 0 Å². The number of halogens is 3. The van der Waals surface area contributed by atoms with Gasteiger partial charge in [-0.3, -0.25) is 4.79 Å². The Morgan fingerprint density at radius 3 is 1.88 bits per heavy atom. The first-order chi connectivity index (χ1) is 3.48. The predicted molar refractivity (Wildman–Crippen MR) is 20.9 cm³/mol. The van der Waals surface area contributed by atoms with Gasteiger partial charge in [0.15, 0.2) is 0 Å². The third-order valence-corrected chi connectivity index (χ3v) is 0.668. The molecular formula is C4H4F3O. The minimum Gasteiger partial charge on any atom is -0.290 e. The lowest BCUT2D eigenvalue weighted by Crippen LogP contribution is -2.20. The van der Waals surface area contributed by atoms with Gasteiger partial charge < -0.3 is 0 Å². The summed E-state index contributed by atoms with van der Waals surface area (Å²) in [7, 11) is 0. The molecule has 47 valence electrons. The van der Waals surface area contributed by atoms with E-state index in [2.05, 4.69) is 0 Å². The summed E-state index contributed by atoms with van der Waals surface area (Å²) < 4.78 is 33.6. The van der Waals surface area contributed by atoms with Crippen LogP contribution in [0.2, 0.25) is 0 Å². The van der Waals surface area contributed by atoms with Gasteiger partial charge in [0.05, 0.1) is 0 Å². The standard InChI is InChI=1S/C4H4F3O/c1-3(2-8)4(5,6)7/h3H,1H3. The van der Waals surface area contributed by atoms with Gasteiger partial charge in [-0.05, 0) is 6.92 Å². The molecule has 0 aliphatic carbocycles. The van der Waals surface area contributed by atoms with Crippen LogP contribution in [0.3, 0.4) is 0 Å². The van der Waals surface area contributed by atoms with Crippen molar-refractivity contribution in [2.75, 3.05) is 0 Å². The highest BCUT2D eigenvalue weighted by molar-refractivity contribution is 5.54. The fourth-order valence-electron chi connectivity index (χ4n) is 0.0668. The number of hydrogen-bond acceptors (Lipinski definition) is 1. The van der Waals surface area contributed by atoms with Crippen LogP contribution < -0.4 is 0 Å². The maximum absolute atomic E-state index is 11.2. The lowest BCUT2D eigenvalue weighted by molar-refractivity contribution is -0.150. The Morgan fingerprint density at radius 2 is 1.88 bits per heavy atom. The second-order valence-electron chi connectivity index (χ2n) is 1.38. The van der Waals surface area contributed by atoms with Crippen LogP contribution in [-0.4, -0.2) is 12.5 Å². The molecule has 0 heterocycles. The number of carbonyl (C=O) groups excluding carboxylic acids is 1. The molecule has 0 N–H and O–H groups in total. The molecule has 0 saturated carbocycles. The third kappa shape index (κ3) is 1.95. The molecule has 0 fully saturated rings. The summed E-state index contributed by atoms with van der Waals surface area (Å²) in [4.78, 5) is 9.31. The van der Waals surface area contributed by atoms with E-state index in [0.29, 0.717) is 0 Å². The Hall–Kier alpha value is -0.540. The maximum atomic E-state index is 11.2. The van der Waals surface area contributed by atoms with Crippen molar-refractivity contribution >= 4 is 6.29 Å². The summed E-state index contributed by atoms with van der Waals surface area (Å²) >= 11 is 0. The van der Waals surface area contributed by atoms with Crippen molar-refractivity contribution in [2.24, 2.45) is 5.92 Å². The van der Waals surface area contributed by atoms with Gasteiger partial charge in [0, 0.05) is 0 Å². The first-order valence-electron chi connectivity index (χ1n) is 1.93. The highest BCUT2D eigenvalue weighted by Gasteiger charge is 2.36. The van der Waals surface area contributed by atoms with Crippen LogP contribution in [0, 0.1) is 5.92 Å².